The number of benzene rings is 1. The zero-order chi connectivity index (χ0) is 16.7. The second-order valence-corrected chi connectivity index (χ2v) is 5.86. The fourth-order valence-corrected chi connectivity index (χ4v) is 2.81. The number of aliphatic carboxylic acids is 1. The summed E-state index contributed by atoms with van der Waals surface area (Å²) in [5.41, 5.74) is 0.362. The molecule has 1 heterocycles. The third-order valence-corrected chi connectivity index (χ3v) is 4.14. The third kappa shape index (κ3) is 5.25. The van der Waals surface area contributed by atoms with Gasteiger partial charge in [0.2, 0.25) is 5.91 Å². The van der Waals surface area contributed by atoms with Crippen LogP contribution in [0.15, 0.2) is 24.3 Å². The standard InChI is InChI=1S/C17H23NO5/c1-22-14-5-2-13(3-6-14)4-7-15(19)18-17(12-16(20)21)8-10-23-11-9-17/h2-3,5-6H,4,7-12H2,1H3,(H,18,19)(H,20,21). The Bertz CT molecular complexity index is 534. The fourth-order valence-electron chi connectivity index (χ4n) is 2.81. The number of carbonyl (C=O) groups is 2. The molecule has 1 aromatic carbocycles. The summed E-state index contributed by atoms with van der Waals surface area (Å²) in [6, 6.07) is 7.57. The summed E-state index contributed by atoms with van der Waals surface area (Å²) < 4.78 is 10.4. The molecule has 1 fully saturated rings. The van der Waals surface area contributed by atoms with Crippen LogP contribution < -0.4 is 10.1 Å². The van der Waals surface area contributed by atoms with Crippen LogP contribution in [0, 0.1) is 0 Å². The van der Waals surface area contributed by atoms with Gasteiger partial charge in [-0.2, -0.15) is 0 Å². The quantitative estimate of drug-likeness (QED) is 0.799. The van der Waals surface area contributed by atoms with Gasteiger partial charge in [-0.05, 0) is 37.0 Å². The van der Waals surface area contributed by atoms with Crippen LogP contribution in [0.4, 0.5) is 0 Å². The van der Waals surface area contributed by atoms with E-state index in [0.717, 1.165) is 11.3 Å². The maximum Gasteiger partial charge on any atom is 0.305 e. The molecule has 0 bridgehead atoms. The van der Waals surface area contributed by atoms with Crippen LogP contribution in [-0.4, -0.2) is 42.8 Å². The third-order valence-electron chi connectivity index (χ3n) is 4.14. The second kappa shape index (κ2) is 7.97. The molecule has 126 valence electrons. The minimum absolute atomic E-state index is 0.0648. The van der Waals surface area contributed by atoms with Crippen LogP contribution in [0.1, 0.15) is 31.2 Å². The summed E-state index contributed by atoms with van der Waals surface area (Å²) in [5, 5.41) is 12.0. The van der Waals surface area contributed by atoms with Gasteiger partial charge in [0.25, 0.3) is 0 Å². The molecule has 1 aliphatic rings. The Morgan fingerprint density at radius 2 is 1.91 bits per heavy atom. The van der Waals surface area contributed by atoms with Crippen molar-refractivity contribution in [3.63, 3.8) is 0 Å². The average molecular weight is 321 g/mol. The smallest absolute Gasteiger partial charge is 0.305 e. The highest BCUT2D eigenvalue weighted by Gasteiger charge is 2.36. The number of amides is 1. The summed E-state index contributed by atoms with van der Waals surface area (Å²) in [5.74, 6) is -0.243. The van der Waals surface area contributed by atoms with Crippen molar-refractivity contribution >= 4 is 11.9 Å². The lowest BCUT2D eigenvalue weighted by Gasteiger charge is -2.36. The number of carbonyl (C=O) groups excluding carboxylic acids is 1. The van der Waals surface area contributed by atoms with Crippen LogP contribution in [0.25, 0.3) is 0 Å². The number of hydrogen-bond acceptors (Lipinski definition) is 4. The molecule has 1 aromatic rings. The Hall–Kier alpha value is -2.08. The highest BCUT2D eigenvalue weighted by Crippen LogP contribution is 2.25. The molecule has 6 heteroatoms. The Kier molecular flexibility index (Phi) is 5.98. The summed E-state index contributed by atoms with van der Waals surface area (Å²) >= 11 is 0. The Labute approximate surface area is 135 Å². The van der Waals surface area contributed by atoms with E-state index in [1.807, 2.05) is 24.3 Å². The van der Waals surface area contributed by atoms with Crippen molar-refractivity contribution in [1.82, 2.24) is 5.32 Å². The van der Waals surface area contributed by atoms with E-state index in [2.05, 4.69) is 5.32 Å². The van der Waals surface area contributed by atoms with Gasteiger partial charge in [0.05, 0.1) is 19.1 Å². The highest BCUT2D eigenvalue weighted by molar-refractivity contribution is 5.78. The van der Waals surface area contributed by atoms with E-state index in [1.165, 1.54) is 0 Å². The molecule has 1 saturated heterocycles. The lowest BCUT2D eigenvalue weighted by atomic mass is 9.86. The maximum absolute atomic E-state index is 12.2. The van der Waals surface area contributed by atoms with E-state index >= 15 is 0 Å². The van der Waals surface area contributed by atoms with Crippen LogP contribution in [0.5, 0.6) is 5.75 Å². The largest absolute Gasteiger partial charge is 0.497 e. The summed E-state index contributed by atoms with van der Waals surface area (Å²) in [6.07, 6.45) is 1.94. The molecular formula is C17H23NO5. The Balaban J connectivity index is 1.89. The lowest BCUT2D eigenvalue weighted by molar-refractivity contribution is -0.140. The Morgan fingerprint density at radius 1 is 1.26 bits per heavy atom. The molecule has 0 atom stereocenters. The van der Waals surface area contributed by atoms with Gasteiger partial charge in [-0.25, -0.2) is 0 Å². The second-order valence-electron chi connectivity index (χ2n) is 5.86. The van der Waals surface area contributed by atoms with Crippen LogP contribution in [0.2, 0.25) is 0 Å². The first-order valence-corrected chi connectivity index (χ1v) is 7.76. The summed E-state index contributed by atoms with van der Waals surface area (Å²) in [6.45, 7) is 0.956. The molecular weight excluding hydrogens is 298 g/mol. The Morgan fingerprint density at radius 3 is 2.48 bits per heavy atom. The van der Waals surface area contributed by atoms with E-state index < -0.39 is 11.5 Å². The molecule has 0 unspecified atom stereocenters. The predicted molar refractivity (Wildman–Crippen MR) is 84.5 cm³/mol. The molecule has 2 rings (SSSR count). The maximum atomic E-state index is 12.2. The topological polar surface area (TPSA) is 84.9 Å². The first kappa shape index (κ1) is 17.3. The fraction of sp³-hybridized carbons (Fsp3) is 0.529. The van der Waals surface area contributed by atoms with Gasteiger partial charge in [-0.1, -0.05) is 12.1 Å². The zero-order valence-corrected chi connectivity index (χ0v) is 13.3. The van der Waals surface area contributed by atoms with Gasteiger partial charge < -0.3 is 19.9 Å². The average Bonchev–Trinajstić information content (AvgIpc) is 2.53. The number of nitrogens with one attached hydrogen (secondary N) is 1. The monoisotopic (exact) mass is 321 g/mol. The van der Waals surface area contributed by atoms with Gasteiger partial charge in [-0.15, -0.1) is 0 Å². The SMILES string of the molecule is COc1ccc(CCC(=O)NC2(CC(=O)O)CCOCC2)cc1. The van der Waals surface area contributed by atoms with Crippen molar-refractivity contribution in [2.75, 3.05) is 20.3 Å². The van der Waals surface area contributed by atoms with E-state index in [9.17, 15) is 9.59 Å². The number of rotatable bonds is 7. The van der Waals surface area contributed by atoms with Gasteiger partial charge in [0.1, 0.15) is 5.75 Å². The van der Waals surface area contributed by atoms with E-state index in [0.29, 0.717) is 38.9 Å². The van der Waals surface area contributed by atoms with Gasteiger partial charge in [-0.3, -0.25) is 9.59 Å². The van der Waals surface area contributed by atoms with Crippen molar-refractivity contribution in [3.05, 3.63) is 29.8 Å². The van der Waals surface area contributed by atoms with Gasteiger partial charge in [0.15, 0.2) is 0 Å². The molecule has 1 aliphatic heterocycles. The molecule has 23 heavy (non-hydrogen) atoms. The molecule has 0 spiro atoms. The number of ether oxygens (including phenoxy) is 2. The molecule has 6 nitrogen and oxygen atoms in total. The van der Waals surface area contributed by atoms with Crippen LogP contribution in [-0.2, 0) is 20.7 Å². The van der Waals surface area contributed by atoms with E-state index in [4.69, 9.17) is 14.6 Å². The number of carboxylic acid groups (broad SMARTS) is 1. The highest BCUT2D eigenvalue weighted by atomic mass is 16.5. The van der Waals surface area contributed by atoms with E-state index in [-0.39, 0.29) is 12.3 Å². The molecule has 0 aromatic heterocycles. The number of carboxylic acids is 1. The summed E-state index contributed by atoms with van der Waals surface area (Å²) in [4.78, 5) is 23.3. The molecule has 0 aliphatic carbocycles. The number of methoxy groups -OCH3 is 1. The van der Waals surface area contributed by atoms with Gasteiger partial charge >= 0.3 is 5.97 Å². The summed E-state index contributed by atoms with van der Waals surface area (Å²) in [7, 11) is 1.61. The van der Waals surface area contributed by atoms with Crippen LogP contribution >= 0.6 is 0 Å². The molecule has 0 saturated carbocycles. The molecule has 0 radical (unpaired) electrons. The van der Waals surface area contributed by atoms with Crippen molar-refractivity contribution in [1.29, 1.82) is 0 Å². The first-order chi connectivity index (χ1) is 11.0. The first-order valence-electron chi connectivity index (χ1n) is 7.76. The number of aryl methyl sites for hydroxylation is 1. The van der Waals surface area contributed by atoms with E-state index in [1.54, 1.807) is 7.11 Å². The minimum atomic E-state index is -0.901. The van der Waals surface area contributed by atoms with Crippen LogP contribution in [0.3, 0.4) is 0 Å². The van der Waals surface area contributed by atoms with Crippen molar-refractivity contribution in [3.8, 4) is 5.75 Å². The van der Waals surface area contributed by atoms with Crippen molar-refractivity contribution in [2.24, 2.45) is 0 Å². The van der Waals surface area contributed by atoms with Crippen molar-refractivity contribution < 1.29 is 24.2 Å². The predicted octanol–water partition coefficient (Wildman–Crippen LogP) is 1.77. The number of hydrogen-bond donors (Lipinski definition) is 2. The zero-order valence-electron chi connectivity index (χ0n) is 13.3. The van der Waals surface area contributed by atoms with Gasteiger partial charge in [0, 0.05) is 19.6 Å². The molecule has 2 N–H and O–H groups in total. The normalized spacial score (nSPS) is 16.6. The molecule has 1 amide bonds. The van der Waals surface area contributed by atoms with Crippen molar-refractivity contribution in [2.45, 2.75) is 37.6 Å². The lowest BCUT2D eigenvalue weighted by Crippen LogP contribution is -2.53. The minimum Gasteiger partial charge on any atom is -0.497 e.